The first-order valence-corrected chi connectivity index (χ1v) is 8.12. The lowest BCUT2D eigenvalue weighted by Crippen LogP contribution is -2.44. The number of amides is 1. The van der Waals surface area contributed by atoms with E-state index in [9.17, 15) is 9.59 Å². The monoisotopic (exact) mass is 297 g/mol. The standard InChI is InChI=1S/C18H35NO2/c1-12(2)10-14(11-19-16(21)17(5,6)7)15(20)18(8,9)13(3)4/h12-14H,10-11H2,1-9H3,(H,19,21)/t14-/m1/s1. The van der Waals surface area contributed by atoms with Gasteiger partial charge in [0.25, 0.3) is 0 Å². The van der Waals surface area contributed by atoms with Crippen LogP contribution in [-0.2, 0) is 9.59 Å². The van der Waals surface area contributed by atoms with Crippen molar-refractivity contribution in [1.29, 1.82) is 0 Å². The number of nitrogens with one attached hydrogen (secondary N) is 1. The smallest absolute Gasteiger partial charge is 0.225 e. The molecular formula is C18H35NO2. The molecule has 124 valence electrons. The molecule has 3 nitrogen and oxygen atoms in total. The summed E-state index contributed by atoms with van der Waals surface area (Å²) in [6.45, 7) is 18.5. The van der Waals surface area contributed by atoms with Crippen LogP contribution in [-0.4, -0.2) is 18.2 Å². The molecule has 0 rings (SSSR count). The molecule has 0 aliphatic rings. The Labute approximate surface area is 131 Å². The predicted octanol–water partition coefficient (Wildman–Crippen LogP) is 4.06. The lowest BCUT2D eigenvalue weighted by Gasteiger charge is -2.33. The molecule has 0 heterocycles. The maximum absolute atomic E-state index is 12.9. The van der Waals surface area contributed by atoms with Crippen molar-refractivity contribution >= 4 is 11.7 Å². The average Bonchev–Trinajstić information content (AvgIpc) is 2.31. The Bertz CT molecular complexity index is 362. The van der Waals surface area contributed by atoms with Crippen molar-refractivity contribution in [2.75, 3.05) is 6.54 Å². The highest BCUT2D eigenvalue weighted by molar-refractivity contribution is 5.88. The Kier molecular flexibility index (Phi) is 7.11. The molecule has 1 atom stereocenters. The Balaban J connectivity index is 4.98. The van der Waals surface area contributed by atoms with Crippen molar-refractivity contribution in [3.05, 3.63) is 0 Å². The molecule has 0 spiro atoms. The topological polar surface area (TPSA) is 46.2 Å². The van der Waals surface area contributed by atoms with Gasteiger partial charge in [0.2, 0.25) is 5.91 Å². The number of hydrogen-bond donors (Lipinski definition) is 1. The van der Waals surface area contributed by atoms with E-state index in [2.05, 4.69) is 33.0 Å². The predicted molar refractivity (Wildman–Crippen MR) is 89.0 cm³/mol. The highest BCUT2D eigenvalue weighted by Gasteiger charge is 2.36. The second-order valence-electron chi connectivity index (χ2n) is 8.53. The minimum Gasteiger partial charge on any atom is -0.355 e. The molecule has 0 aromatic heterocycles. The van der Waals surface area contributed by atoms with Gasteiger partial charge in [-0.25, -0.2) is 0 Å². The number of ketones is 1. The number of Topliss-reactive ketones (excluding diaryl/α,β-unsaturated/α-hetero) is 1. The third-order valence-electron chi connectivity index (χ3n) is 4.40. The minimum absolute atomic E-state index is 0.00593. The summed E-state index contributed by atoms with van der Waals surface area (Å²) in [5.41, 5.74) is -0.773. The summed E-state index contributed by atoms with van der Waals surface area (Å²) < 4.78 is 0. The summed E-state index contributed by atoms with van der Waals surface area (Å²) >= 11 is 0. The molecule has 0 aromatic rings. The van der Waals surface area contributed by atoms with Crippen molar-refractivity contribution < 1.29 is 9.59 Å². The minimum atomic E-state index is -0.418. The SMILES string of the molecule is CC(C)C[C@H](CNC(=O)C(C)(C)C)C(=O)C(C)(C)C(C)C. The summed E-state index contributed by atoms with van der Waals surface area (Å²) in [6, 6.07) is 0. The molecular weight excluding hydrogens is 262 g/mol. The van der Waals surface area contributed by atoms with Gasteiger partial charge in [0.05, 0.1) is 0 Å². The summed E-state index contributed by atoms with van der Waals surface area (Å²) in [6.07, 6.45) is 0.819. The lowest BCUT2D eigenvalue weighted by molar-refractivity contribution is -0.134. The van der Waals surface area contributed by atoms with Crippen LogP contribution < -0.4 is 5.32 Å². The first-order chi connectivity index (χ1) is 9.30. The van der Waals surface area contributed by atoms with Crippen LogP contribution in [0.3, 0.4) is 0 Å². The zero-order valence-corrected chi connectivity index (χ0v) is 15.5. The van der Waals surface area contributed by atoms with Crippen molar-refractivity contribution in [2.24, 2.45) is 28.6 Å². The number of hydrogen-bond acceptors (Lipinski definition) is 2. The molecule has 0 fully saturated rings. The van der Waals surface area contributed by atoms with Gasteiger partial charge in [-0.05, 0) is 18.3 Å². The molecule has 1 amide bonds. The summed E-state index contributed by atoms with van der Waals surface area (Å²) in [4.78, 5) is 24.9. The van der Waals surface area contributed by atoms with Crippen LogP contribution in [0.5, 0.6) is 0 Å². The maximum atomic E-state index is 12.9. The summed E-state index contributed by atoms with van der Waals surface area (Å²) in [7, 11) is 0. The molecule has 0 saturated heterocycles. The van der Waals surface area contributed by atoms with E-state index in [-0.39, 0.29) is 28.9 Å². The van der Waals surface area contributed by atoms with Crippen LogP contribution in [0.4, 0.5) is 0 Å². The van der Waals surface area contributed by atoms with Crippen LogP contribution >= 0.6 is 0 Å². The molecule has 0 unspecified atom stereocenters. The van der Waals surface area contributed by atoms with Crippen molar-refractivity contribution in [3.63, 3.8) is 0 Å². The van der Waals surface area contributed by atoms with Crippen molar-refractivity contribution in [3.8, 4) is 0 Å². The Morgan fingerprint density at radius 1 is 0.952 bits per heavy atom. The van der Waals surface area contributed by atoms with E-state index < -0.39 is 5.41 Å². The van der Waals surface area contributed by atoms with Crippen molar-refractivity contribution in [1.82, 2.24) is 5.32 Å². The highest BCUT2D eigenvalue weighted by Crippen LogP contribution is 2.32. The quantitative estimate of drug-likeness (QED) is 0.770. The fourth-order valence-corrected chi connectivity index (χ4v) is 2.14. The van der Waals surface area contributed by atoms with Crippen LogP contribution in [0.15, 0.2) is 0 Å². The number of carbonyl (C=O) groups excluding carboxylic acids is 2. The van der Waals surface area contributed by atoms with E-state index in [0.717, 1.165) is 6.42 Å². The highest BCUT2D eigenvalue weighted by atomic mass is 16.2. The van der Waals surface area contributed by atoms with Gasteiger partial charge in [-0.2, -0.15) is 0 Å². The molecule has 0 aromatic carbocycles. The molecule has 1 N–H and O–H groups in total. The lowest BCUT2D eigenvalue weighted by atomic mass is 9.71. The van der Waals surface area contributed by atoms with Crippen LogP contribution in [0, 0.1) is 28.6 Å². The van der Waals surface area contributed by atoms with Gasteiger partial charge in [0.15, 0.2) is 0 Å². The van der Waals surface area contributed by atoms with E-state index in [0.29, 0.717) is 12.5 Å². The van der Waals surface area contributed by atoms with Gasteiger partial charge >= 0.3 is 0 Å². The number of rotatable bonds is 7. The third-order valence-corrected chi connectivity index (χ3v) is 4.40. The van der Waals surface area contributed by atoms with Gasteiger partial charge in [0, 0.05) is 23.3 Å². The van der Waals surface area contributed by atoms with Crippen LogP contribution in [0.1, 0.15) is 68.7 Å². The van der Waals surface area contributed by atoms with Gasteiger partial charge in [-0.1, -0.05) is 62.3 Å². The van der Waals surface area contributed by atoms with E-state index >= 15 is 0 Å². The fourth-order valence-electron chi connectivity index (χ4n) is 2.14. The average molecular weight is 297 g/mol. The zero-order valence-electron chi connectivity index (χ0n) is 15.5. The van der Waals surface area contributed by atoms with Gasteiger partial charge in [-0.3, -0.25) is 9.59 Å². The van der Waals surface area contributed by atoms with Gasteiger partial charge in [-0.15, -0.1) is 0 Å². The molecule has 0 saturated carbocycles. The maximum Gasteiger partial charge on any atom is 0.225 e. The Morgan fingerprint density at radius 2 is 1.43 bits per heavy atom. The summed E-state index contributed by atoms with van der Waals surface area (Å²) in [5, 5.41) is 2.96. The largest absolute Gasteiger partial charge is 0.355 e. The normalized spacial score (nSPS) is 14.4. The first kappa shape index (κ1) is 20.1. The summed E-state index contributed by atoms with van der Waals surface area (Å²) in [5.74, 6) is 0.895. The second kappa shape index (κ2) is 7.42. The van der Waals surface area contributed by atoms with E-state index in [1.54, 1.807) is 0 Å². The fraction of sp³-hybridized carbons (Fsp3) is 0.889. The third kappa shape index (κ3) is 6.19. The Morgan fingerprint density at radius 3 is 1.76 bits per heavy atom. The van der Waals surface area contributed by atoms with E-state index in [4.69, 9.17) is 0 Å². The van der Waals surface area contributed by atoms with Crippen LogP contribution in [0.25, 0.3) is 0 Å². The molecule has 0 radical (unpaired) electrons. The second-order valence-corrected chi connectivity index (χ2v) is 8.53. The van der Waals surface area contributed by atoms with Gasteiger partial charge in [0.1, 0.15) is 5.78 Å². The molecule has 21 heavy (non-hydrogen) atoms. The number of carbonyl (C=O) groups is 2. The first-order valence-electron chi connectivity index (χ1n) is 8.12. The van der Waals surface area contributed by atoms with Gasteiger partial charge < -0.3 is 5.32 Å². The molecule has 0 aliphatic carbocycles. The Hall–Kier alpha value is -0.860. The molecule has 3 heteroatoms. The zero-order chi connectivity index (χ0) is 17.0. The van der Waals surface area contributed by atoms with Crippen molar-refractivity contribution in [2.45, 2.75) is 68.7 Å². The molecule has 0 bridgehead atoms. The van der Waals surface area contributed by atoms with E-state index in [1.807, 2.05) is 34.6 Å². The van der Waals surface area contributed by atoms with E-state index in [1.165, 1.54) is 0 Å². The molecule has 0 aliphatic heterocycles. The van der Waals surface area contributed by atoms with Crippen LogP contribution in [0.2, 0.25) is 0 Å².